The highest BCUT2D eigenvalue weighted by Gasteiger charge is 2.22. The van der Waals surface area contributed by atoms with E-state index in [1.165, 1.54) is 25.1 Å². The zero-order valence-electron chi connectivity index (χ0n) is 16.2. The summed E-state index contributed by atoms with van der Waals surface area (Å²) in [6, 6.07) is 10.6. The van der Waals surface area contributed by atoms with Crippen LogP contribution in [0.3, 0.4) is 0 Å². The Balaban J connectivity index is 0.00000312. The third-order valence-electron chi connectivity index (χ3n) is 4.91. The molecule has 1 fully saturated rings. The summed E-state index contributed by atoms with van der Waals surface area (Å²) in [5.74, 6) is 1.67. The van der Waals surface area contributed by atoms with Crippen LogP contribution in [0.2, 0.25) is 0 Å². The molecule has 1 aromatic carbocycles. The van der Waals surface area contributed by atoms with E-state index >= 15 is 0 Å². The molecule has 0 amide bonds. The SMILES string of the molecule is CCNC(=NCC(C)(C)c1ccccc1)NCC1CCN(CC)C1.I. The molecule has 1 aromatic rings. The highest BCUT2D eigenvalue weighted by molar-refractivity contribution is 14.0. The minimum Gasteiger partial charge on any atom is -0.357 e. The molecule has 0 spiro atoms. The number of rotatable bonds is 7. The molecule has 0 aliphatic carbocycles. The van der Waals surface area contributed by atoms with Gasteiger partial charge in [0.05, 0.1) is 6.54 Å². The molecule has 1 aliphatic rings. The minimum absolute atomic E-state index is 0. The van der Waals surface area contributed by atoms with Crippen LogP contribution in [0, 0.1) is 5.92 Å². The summed E-state index contributed by atoms with van der Waals surface area (Å²) in [5, 5.41) is 6.92. The average Bonchev–Trinajstić information content (AvgIpc) is 3.06. The first-order valence-electron chi connectivity index (χ1n) is 9.35. The molecule has 0 saturated carbocycles. The zero-order chi connectivity index (χ0) is 17.4. The van der Waals surface area contributed by atoms with E-state index in [1.807, 2.05) is 0 Å². The van der Waals surface area contributed by atoms with Gasteiger partial charge in [-0.15, -0.1) is 24.0 Å². The van der Waals surface area contributed by atoms with Crippen LogP contribution in [0.4, 0.5) is 0 Å². The lowest BCUT2D eigenvalue weighted by Crippen LogP contribution is -2.41. The standard InChI is InChI=1S/C20H34N4.HI/c1-5-21-19(22-14-17-12-13-24(6-2)15-17)23-16-20(3,4)18-10-8-7-9-11-18;/h7-11,17H,5-6,12-16H2,1-4H3,(H2,21,22,23);1H. The van der Waals surface area contributed by atoms with Crippen molar-refractivity contribution in [3.8, 4) is 0 Å². The molecule has 142 valence electrons. The summed E-state index contributed by atoms with van der Waals surface area (Å²) in [6.07, 6.45) is 1.29. The van der Waals surface area contributed by atoms with Crippen molar-refractivity contribution < 1.29 is 0 Å². The molecule has 1 atom stereocenters. The van der Waals surface area contributed by atoms with Gasteiger partial charge >= 0.3 is 0 Å². The molecule has 1 saturated heterocycles. The van der Waals surface area contributed by atoms with Crippen LogP contribution >= 0.6 is 24.0 Å². The van der Waals surface area contributed by atoms with Crippen LogP contribution in [0.5, 0.6) is 0 Å². The molecule has 5 heteroatoms. The second-order valence-electron chi connectivity index (χ2n) is 7.37. The first-order valence-corrected chi connectivity index (χ1v) is 9.35. The molecule has 25 heavy (non-hydrogen) atoms. The van der Waals surface area contributed by atoms with Crippen molar-refractivity contribution in [2.45, 2.75) is 39.5 Å². The van der Waals surface area contributed by atoms with Crippen molar-refractivity contribution in [2.24, 2.45) is 10.9 Å². The second-order valence-corrected chi connectivity index (χ2v) is 7.37. The van der Waals surface area contributed by atoms with Crippen molar-refractivity contribution in [3.05, 3.63) is 35.9 Å². The van der Waals surface area contributed by atoms with Gasteiger partial charge in [-0.1, -0.05) is 51.1 Å². The normalized spacial score (nSPS) is 18.7. The van der Waals surface area contributed by atoms with Crippen LogP contribution < -0.4 is 10.6 Å². The Bertz CT molecular complexity index is 516. The Morgan fingerprint density at radius 3 is 2.52 bits per heavy atom. The summed E-state index contributed by atoms with van der Waals surface area (Å²) in [4.78, 5) is 7.37. The fourth-order valence-electron chi connectivity index (χ4n) is 3.21. The number of guanidine groups is 1. The maximum atomic E-state index is 4.84. The molecule has 1 unspecified atom stereocenters. The third kappa shape index (κ3) is 7.13. The molecule has 0 aromatic heterocycles. The summed E-state index contributed by atoms with van der Waals surface area (Å²) in [6.45, 7) is 15.2. The predicted octanol–water partition coefficient (Wildman–Crippen LogP) is 3.48. The van der Waals surface area contributed by atoms with E-state index in [0.717, 1.165) is 38.1 Å². The maximum absolute atomic E-state index is 4.84. The summed E-state index contributed by atoms with van der Waals surface area (Å²) in [7, 11) is 0. The Hall–Kier alpha value is -0.820. The molecule has 1 heterocycles. The molecule has 0 bridgehead atoms. The fraction of sp³-hybridized carbons (Fsp3) is 0.650. The fourth-order valence-corrected chi connectivity index (χ4v) is 3.21. The number of aliphatic imine (C=N–C) groups is 1. The van der Waals surface area contributed by atoms with Crippen LogP contribution in [0.1, 0.15) is 39.7 Å². The number of nitrogens with one attached hydrogen (secondary N) is 2. The second kappa shape index (κ2) is 11.0. The quantitative estimate of drug-likeness (QED) is 0.374. The van der Waals surface area contributed by atoms with Crippen LogP contribution in [0.25, 0.3) is 0 Å². The number of nitrogens with zero attached hydrogens (tertiary/aromatic N) is 2. The number of halogens is 1. The Labute approximate surface area is 170 Å². The van der Waals surface area contributed by atoms with Gasteiger partial charge in [-0.25, -0.2) is 0 Å². The largest absolute Gasteiger partial charge is 0.357 e. The predicted molar refractivity (Wildman–Crippen MR) is 119 cm³/mol. The van der Waals surface area contributed by atoms with E-state index in [1.54, 1.807) is 0 Å². The van der Waals surface area contributed by atoms with Crippen LogP contribution in [0.15, 0.2) is 35.3 Å². The topological polar surface area (TPSA) is 39.7 Å². The summed E-state index contributed by atoms with van der Waals surface area (Å²) >= 11 is 0. The van der Waals surface area contributed by atoms with Crippen molar-refractivity contribution in [2.75, 3.05) is 39.3 Å². The van der Waals surface area contributed by atoms with Gasteiger partial charge in [-0.05, 0) is 37.9 Å². The number of benzene rings is 1. The molecular formula is C20H35IN4. The molecule has 4 nitrogen and oxygen atoms in total. The minimum atomic E-state index is 0. The van der Waals surface area contributed by atoms with Crippen LogP contribution in [-0.4, -0.2) is 50.1 Å². The van der Waals surface area contributed by atoms with Crippen molar-refractivity contribution in [3.63, 3.8) is 0 Å². The maximum Gasteiger partial charge on any atom is 0.191 e. The van der Waals surface area contributed by atoms with Gasteiger partial charge in [-0.2, -0.15) is 0 Å². The van der Waals surface area contributed by atoms with Crippen molar-refractivity contribution in [1.29, 1.82) is 0 Å². The van der Waals surface area contributed by atoms with E-state index in [4.69, 9.17) is 4.99 Å². The first-order chi connectivity index (χ1) is 11.5. The van der Waals surface area contributed by atoms with Gasteiger partial charge in [0, 0.05) is 25.0 Å². The number of hydrogen-bond acceptors (Lipinski definition) is 2. The summed E-state index contributed by atoms with van der Waals surface area (Å²) in [5.41, 5.74) is 1.37. The molecule has 1 aliphatic heterocycles. The average molecular weight is 458 g/mol. The van der Waals surface area contributed by atoms with Gasteiger partial charge in [0.2, 0.25) is 0 Å². The van der Waals surface area contributed by atoms with Crippen LogP contribution in [-0.2, 0) is 5.41 Å². The highest BCUT2D eigenvalue weighted by Crippen LogP contribution is 2.23. The lowest BCUT2D eigenvalue weighted by Gasteiger charge is -2.24. The Morgan fingerprint density at radius 2 is 1.92 bits per heavy atom. The number of hydrogen-bond donors (Lipinski definition) is 2. The summed E-state index contributed by atoms with van der Waals surface area (Å²) < 4.78 is 0. The lowest BCUT2D eigenvalue weighted by atomic mass is 9.85. The van der Waals surface area contributed by atoms with E-state index in [9.17, 15) is 0 Å². The van der Waals surface area contributed by atoms with Gasteiger partial charge in [-0.3, -0.25) is 4.99 Å². The molecular weight excluding hydrogens is 423 g/mol. The number of likely N-dealkylation sites (tertiary alicyclic amines) is 1. The lowest BCUT2D eigenvalue weighted by molar-refractivity contribution is 0.341. The van der Waals surface area contributed by atoms with Gasteiger partial charge in [0.15, 0.2) is 5.96 Å². The molecule has 2 rings (SSSR count). The Morgan fingerprint density at radius 1 is 1.20 bits per heavy atom. The zero-order valence-corrected chi connectivity index (χ0v) is 18.5. The van der Waals surface area contributed by atoms with Gasteiger partial charge in [0.1, 0.15) is 0 Å². The van der Waals surface area contributed by atoms with E-state index in [2.05, 4.69) is 73.6 Å². The molecule has 2 N–H and O–H groups in total. The highest BCUT2D eigenvalue weighted by atomic mass is 127. The van der Waals surface area contributed by atoms with E-state index in [0.29, 0.717) is 0 Å². The monoisotopic (exact) mass is 458 g/mol. The third-order valence-corrected chi connectivity index (χ3v) is 4.91. The first kappa shape index (κ1) is 22.2. The van der Waals surface area contributed by atoms with Crippen molar-refractivity contribution >= 4 is 29.9 Å². The smallest absolute Gasteiger partial charge is 0.191 e. The molecule has 0 radical (unpaired) electrons. The van der Waals surface area contributed by atoms with Crippen molar-refractivity contribution in [1.82, 2.24) is 15.5 Å². The van der Waals surface area contributed by atoms with Gasteiger partial charge in [0.25, 0.3) is 0 Å². The Kier molecular flexibility index (Phi) is 9.79. The van der Waals surface area contributed by atoms with Gasteiger partial charge < -0.3 is 15.5 Å². The van der Waals surface area contributed by atoms with E-state index < -0.39 is 0 Å². The van der Waals surface area contributed by atoms with E-state index in [-0.39, 0.29) is 29.4 Å².